The summed E-state index contributed by atoms with van der Waals surface area (Å²) < 4.78 is 25.9. The molecule has 148 valence electrons. The quantitative estimate of drug-likeness (QED) is 0.732. The first-order chi connectivity index (χ1) is 12.1. The van der Waals surface area contributed by atoms with Crippen LogP contribution >= 0.6 is 0 Å². The van der Waals surface area contributed by atoms with Crippen molar-refractivity contribution in [1.82, 2.24) is 0 Å². The molecule has 1 aromatic carbocycles. The van der Waals surface area contributed by atoms with Crippen molar-refractivity contribution in [3.8, 4) is 0 Å². The Bertz CT molecular complexity index is 641. The molecule has 4 nitrogen and oxygen atoms in total. The van der Waals surface area contributed by atoms with E-state index in [9.17, 15) is 0 Å². The number of hydrogen-bond acceptors (Lipinski definition) is 4. The molecule has 3 rings (SSSR count). The first-order valence-electron chi connectivity index (χ1n) is 9.91. The molecule has 0 unspecified atom stereocenters. The van der Waals surface area contributed by atoms with Gasteiger partial charge in [-0.2, -0.15) is 0 Å². The van der Waals surface area contributed by atoms with E-state index in [2.05, 4.69) is 93.5 Å². The molecule has 27 heavy (non-hydrogen) atoms. The average molecular weight is 372 g/mol. The van der Waals surface area contributed by atoms with E-state index in [1.165, 1.54) is 5.56 Å². The maximum atomic E-state index is 6.48. The molecule has 6 heteroatoms. The summed E-state index contributed by atoms with van der Waals surface area (Å²) in [4.78, 5) is 0. The van der Waals surface area contributed by atoms with Crippen LogP contribution in [0.4, 0.5) is 0 Å². The fourth-order valence-electron chi connectivity index (χ4n) is 3.47. The van der Waals surface area contributed by atoms with E-state index in [0.29, 0.717) is 0 Å². The van der Waals surface area contributed by atoms with Crippen molar-refractivity contribution in [2.45, 2.75) is 96.9 Å². The van der Waals surface area contributed by atoms with Gasteiger partial charge in [-0.25, -0.2) is 0 Å². The molecule has 0 aliphatic carbocycles. The summed E-state index contributed by atoms with van der Waals surface area (Å²) in [5.74, 6) is 0. The Hall–Kier alpha value is -0.810. The van der Waals surface area contributed by atoms with E-state index in [0.717, 1.165) is 5.56 Å². The van der Waals surface area contributed by atoms with E-state index < -0.39 is 41.9 Å². The highest BCUT2D eigenvalue weighted by Gasteiger charge is 2.68. The van der Waals surface area contributed by atoms with Gasteiger partial charge in [0, 0.05) is 0 Å². The van der Waals surface area contributed by atoms with Gasteiger partial charge in [-0.05, 0) is 67.9 Å². The lowest BCUT2D eigenvalue weighted by atomic mass is 9.37. The Balaban J connectivity index is 2.08. The van der Waals surface area contributed by atoms with Gasteiger partial charge in [0.05, 0.1) is 27.6 Å². The first kappa shape index (κ1) is 20.9. The van der Waals surface area contributed by atoms with Crippen LogP contribution in [0.3, 0.4) is 0 Å². The second-order valence-electron chi connectivity index (χ2n) is 10.3. The number of aryl methyl sites for hydroxylation is 1. The third-order valence-corrected chi connectivity index (χ3v) is 7.16. The van der Waals surface area contributed by atoms with Gasteiger partial charge < -0.3 is 18.6 Å². The Morgan fingerprint density at radius 3 is 1.22 bits per heavy atom. The summed E-state index contributed by atoms with van der Waals surface area (Å²) in [6.07, 6.45) is 0. The molecular weight excluding hydrogens is 338 g/mol. The number of hydrogen-bond donors (Lipinski definition) is 0. The predicted molar refractivity (Wildman–Crippen MR) is 111 cm³/mol. The smallest absolute Gasteiger partial charge is 0.403 e. The lowest BCUT2D eigenvalue weighted by Crippen LogP contribution is -2.56. The van der Waals surface area contributed by atoms with E-state index in [4.69, 9.17) is 18.6 Å². The normalized spacial score (nSPS) is 25.9. The van der Waals surface area contributed by atoms with Gasteiger partial charge in [-0.3, -0.25) is 0 Å². The van der Waals surface area contributed by atoms with Crippen LogP contribution in [-0.4, -0.2) is 36.6 Å². The Morgan fingerprint density at radius 2 is 0.926 bits per heavy atom. The molecule has 0 saturated carbocycles. The number of rotatable bonds is 3. The van der Waals surface area contributed by atoms with Gasteiger partial charge in [0.25, 0.3) is 0 Å². The van der Waals surface area contributed by atoms with E-state index in [-0.39, 0.29) is 0 Å². The molecule has 0 atom stereocenters. The summed E-state index contributed by atoms with van der Waals surface area (Å²) >= 11 is 0. The Labute approximate surface area is 165 Å². The third kappa shape index (κ3) is 3.19. The fraction of sp³-hybridized carbons (Fsp3) is 0.714. The molecule has 0 aromatic heterocycles. The molecule has 2 heterocycles. The molecule has 2 fully saturated rings. The van der Waals surface area contributed by atoms with E-state index in [1.807, 2.05) is 0 Å². The van der Waals surface area contributed by atoms with Crippen LogP contribution in [0.2, 0.25) is 0 Å². The van der Waals surface area contributed by atoms with Crippen molar-refractivity contribution < 1.29 is 18.6 Å². The summed E-state index contributed by atoms with van der Waals surface area (Å²) in [7, 11) is -0.972. The minimum atomic E-state index is -0.621. The molecule has 2 aliphatic rings. The fourth-order valence-corrected chi connectivity index (χ4v) is 3.47. The molecule has 2 aliphatic heterocycles. The van der Waals surface area contributed by atoms with Crippen LogP contribution in [0.5, 0.6) is 0 Å². The zero-order valence-electron chi connectivity index (χ0n) is 18.6. The maximum absolute atomic E-state index is 6.48. The molecule has 1 aromatic rings. The molecule has 2 saturated heterocycles. The summed E-state index contributed by atoms with van der Waals surface area (Å²) in [5, 5.41) is -0.621. The topological polar surface area (TPSA) is 36.9 Å². The SMILES string of the molecule is Cc1ccc(C(C)(B2OC(C)(C)C(C)(C)O2)B2OC(C)(C)C(C)(C)O2)cc1. The van der Waals surface area contributed by atoms with Crippen molar-refractivity contribution in [3.05, 3.63) is 35.4 Å². The highest BCUT2D eigenvalue weighted by Crippen LogP contribution is 2.49. The first-order valence-corrected chi connectivity index (χ1v) is 9.91. The van der Waals surface area contributed by atoms with Crippen molar-refractivity contribution in [1.29, 1.82) is 0 Å². The molecule has 0 spiro atoms. The lowest BCUT2D eigenvalue weighted by Gasteiger charge is -2.34. The minimum Gasteiger partial charge on any atom is -0.403 e. The van der Waals surface area contributed by atoms with Gasteiger partial charge in [-0.1, -0.05) is 36.8 Å². The zero-order valence-corrected chi connectivity index (χ0v) is 18.6. The van der Waals surface area contributed by atoms with Gasteiger partial charge in [0.15, 0.2) is 0 Å². The van der Waals surface area contributed by atoms with Gasteiger partial charge in [0.1, 0.15) is 0 Å². The van der Waals surface area contributed by atoms with Crippen LogP contribution in [-0.2, 0) is 23.8 Å². The molecule has 0 amide bonds. The highest BCUT2D eigenvalue weighted by molar-refractivity contribution is 6.71. The second-order valence-corrected chi connectivity index (χ2v) is 10.3. The van der Waals surface area contributed by atoms with Crippen molar-refractivity contribution >= 4 is 14.2 Å². The van der Waals surface area contributed by atoms with Crippen LogP contribution in [0.15, 0.2) is 24.3 Å². The molecular formula is C21H34B2O4. The minimum absolute atomic E-state index is 0.423. The standard InChI is InChI=1S/C21H34B2O4/c1-15-11-13-16(14-12-15)21(10,22-24-17(2,3)18(4,5)25-22)23-26-19(6,7)20(8,9)27-23/h11-14H,1-10H3. The predicted octanol–water partition coefficient (Wildman–Crippen LogP) is 4.52. The van der Waals surface area contributed by atoms with Gasteiger partial charge in [0.2, 0.25) is 0 Å². The number of benzene rings is 1. The van der Waals surface area contributed by atoms with Crippen molar-refractivity contribution in [2.24, 2.45) is 0 Å². The van der Waals surface area contributed by atoms with E-state index in [1.54, 1.807) is 0 Å². The second kappa shape index (κ2) is 6.09. The molecule has 0 radical (unpaired) electrons. The maximum Gasteiger partial charge on any atom is 0.466 e. The summed E-state index contributed by atoms with van der Waals surface area (Å²) in [6, 6.07) is 8.49. The molecule has 0 bridgehead atoms. The van der Waals surface area contributed by atoms with Gasteiger partial charge >= 0.3 is 14.2 Å². The van der Waals surface area contributed by atoms with E-state index >= 15 is 0 Å². The monoisotopic (exact) mass is 372 g/mol. The van der Waals surface area contributed by atoms with Gasteiger partial charge in [-0.15, -0.1) is 0 Å². The average Bonchev–Trinajstić information content (AvgIpc) is 2.87. The van der Waals surface area contributed by atoms with Crippen LogP contribution in [0.25, 0.3) is 0 Å². The van der Waals surface area contributed by atoms with Crippen molar-refractivity contribution in [2.75, 3.05) is 0 Å². The zero-order chi connectivity index (χ0) is 20.5. The Morgan fingerprint density at radius 1 is 0.630 bits per heavy atom. The lowest BCUT2D eigenvalue weighted by molar-refractivity contribution is 0.00578. The van der Waals surface area contributed by atoms with Crippen molar-refractivity contribution in [3.63, 3.8) is 0 Å². The summed E-state index contributed by atoms with van der Waals surface area (Å²) in [6.45, 7) is 20.8. The highest BCUT2D eigenvalue weighted by atomic mass is 16.7. The summed E-state index contributed by atoms with van der Waals surface area (Å²) in [5.41, 5.74) is 0.607. The van der Waals surface area contributed by atoms with Crippen LogP contribution < -0.4 is 0 Å². The van der Waals surface area contributed by atoms with Crippen LogP contribution in [0.1, 0.15) is 73.4 Å². The van der Waals surface area contributed by atoms with Crippen LogP contribution in [0, 0.1) is 6.92 Å². The Kier molecular flexibility index (Phi) is 4.72. The largest absolute Gasteiger partial charge is 0.466 e. The third-order valence-electron chi connectivity index (χ3n) is 7.16. The molecule has 0 N–H and O–H groups in total.